The molecule has 0 aliphatic heterocycles. The second-order valence-corrected chi connectivity index (χ2v) is 3.74. The van der Waals surface area contributed by atoms with E-state index in [0.717, 1.165) is 11.3 Å². The van der Waals surface area contributed by atoms with Crippen LogP contribution in [-0.4, -0.2) is 26.0 Å². The first-order valence-corrected chi connectivity index (χ1v) is 5.90. The van der Waals surface area contributed by atoms with Gasteiger partial charge in [0.1, 0.15) is 5.82 Å². The minimum absolute atomic E-state index is 0.239. The van der Waals surface area contributed by atoms with E-state index >= 15 is 0 Å². The lowest BCUT2D eigenvalue weighted by atomic mass is 10.2. The summed E-state index contributed by atoms with van der Waals surface area (Å²) in [7, 11) is 0. The van der Waals surface area contributed by atoms with Crippen LogP contribution in [0.5, 0.6) is 0 Å². The molecule has 1 rings (SSSR count). The summed E-state index contributed by atoms with van der Waals surface area (Å²) in [6, 6.07) is 4.84. The van der Waals surface area contributed by atoms with E-state index < -0.39 is 0 Å². The van der Waals surface area contributed by atoms with Crippen LogP contribution in [0.4, 0.5) is 10.1 Å². The summed E-state index contributed by atoms with van der Waals surface area (Å²) in [4.78, 5) is 0. The molecule has 0 amide bonds. The van der Waals surface area contributed by atoms with Crippen LogP contribution >= 0.6 is 0 Å². The third-order valence-electron chi connectivity index (χ3n) is 2.22. The van der Waals surface area contributed by atoms with Crippen molar-refractivity contribution in [1.29, 1.82) is 0 Å². The monoisotopic (exact) mass is 241 g/mol. The van der Waals surface area contributed by atoms with Gasteiger partial charge in [-0.15, -0.1) is 0 Å². The fourth-order valence-electron chi connectivity index (χ4n) is 1.58. The smallest absolute Gasteiger partial charge is 0.174 e. The molecule has 0 unspecified atom stereocenters. The second kappa shape index (κ2) is 7.25. The van der Waals surface area contributed by atoms with Crippen LogP contribution in [0, 0.1) is 12.7 Å². The van der Waals surface area contributed by atoms with Gasteiger partial charge in [0.25, 0.3) is 0 Å². The summed E-state index contributed by atoms with van der Waals surface area (Å²) in [6.07, 6.45) is -0.298. The van der Waals surface area contributed by atoms with Crippen molar-refractivity contribution in [3.63, 3.8) is 0 Å². The van der Waals surface area contributed by atoms with E-state index in [2.05, 4.69) is 5.32 Å². The first kappa shape index (κ1) is 13.9. The molecule has 1 N–H and O–H groups in total. The molecule has 96 valence electrons. The SMILES string of the molecule is CCOC(CNc1cc(C)cc(F)c1)OCC. The van der Waals surface area contributed by atoms with Crippen LogP contribution in [-0.2, 0) is 9.47 Å². The highest BCUT2D eigenvalue weighted by Crippen LogP contribution is 2.13. The number of nitrogens with one attached hydrogen (secondary N) is 1. The topological polar surface area (TPSA) is 30.5 Å². The molecule has 0 aliphatic rings. The van der Waals surface area contributed by atoms with Gasteiger partial charge in [-0.05, 0) is 44.5 Å². The van der Waals surface area contributed by atoms with Crippen LogP contribution in [0.25, 0.3) is 0 Å². The maximum atomic E-state index is 13.1. The van der Waals surface area contributed by atoms with Gasteiger partial charge in [0.05, 0.1) is 6.54 Å². The maximum absolute atomic E-state index is 13.1. The van der Waals surface area contributed by atoms with E-state index in [1.54, 1.807) is 0 Å². The summed E-state index contributed by atoms with van der Waals surface area (Å²) >= 11 is 0. The molecule has 0 spiro atoms. The van der Waals surface area contributed by atoms with Crippen LogP contribution in [0.1, 0.15) is 19.4 Å². The van der Waals surface area contributed by atoms with Crippen molar-refractivity contribution < 1.29 is 13.9 Å². The molecule has 0 aliphatic carbocycles. The maximum Gasteiger partial charge on any atom is 0.174 e. The van der Waals surface area contributed by atoms with Crippen LogP contribution in [0.2, 0.25) is 0 Å². The Labute approximate surface area is 102 Å². The predicted octanol–water partition coefficient (Wildman–Crippen LogP) is 2.95. The Morgan fingerprint density at radius 2 is 1.82 bits per heavy atom. The molecule has 3 nitrogen and oxygen atoms in total. The van der Waals surface area contributed by atoms with Gasteiger partial charge in [-0.1, -0.05) is 0 Å². The Bertz CT molecular complexity index is 318. The Morgan fingerprint density at radius 1 is 1.18 bits per heavy atom. The normalized spacial score (nSPS) is 10.9. The van der Waals surface area contributed by atoms with Crippen LogP contribution < -0.4 is 5.32 Å². The molecule has 1 aromatic carbocycles. The van der Waals surface area contributed by atoms with Crippen molar-refractivity contribution in [1.82, 2.24) is 0 Å². The third-order valence-corrected chi connectivity index (χ3v) is 2.22. The number of benzene rings is 1. The van der Waals surface area contributed by atoms with Crippen molar-refractivity contribution in [3.05, 3.63) is 29.6 Å². The van der Waals surface area contributed by atoms with Gasteiger partial charge in [0, 0.05) is 18.9 Å². The molecule has 4 heteroatoms. The molecule has 0 radical (unpaired) electrons. The molecule has 1 aromatic rings. The van der Waals surface area contributed by atoms with E-state index in [0.29, 0.717) is 19.8 Å². The Balaban J connectivity index is 2.52. The Morgan fingerprint density at radius 3 is 2.35 bits per heavy atom. The average molecular weight is 241 g/mol. The molecule has 0 saturated carbocycles. The summed E-state index contributed by atoms with van der Waals surface area (Å²) in [6.45, 7) is 7.38. The number of hydrogen-bond acceptors (Lipinski definition) is 3. The lowest BCUT2D eigenvalue weighted by Gasteiger charge is -2.18. The molecule has 0 bridgehead atoms. The van der Waals surface area contributed by atoms with E-state index in [-0.39, 0.29) is 12.1 Å². The largest absolute Gasteiger partial charge is 0.380 e. The number of aryl methyl sites for hydroxylation is 1. The molecular formula is C13H20FNO2. The van der Waals surface area contributed by atoms with Crippen molar-refractivity contribution in [2.45, 2.75) is 27.1 Å². The highest BCUT2D eigenvalue weighted by Gasteiger charge is 2.07. The van der Waals surface area contributed by atoms with Crippen LogP contribution in [0.15, 0.2) is 18.2 Å². The number of halogens is 1. The Hall–Kier alpha value is -1.13. The van der Waals surface area contributed by atoms with E-state index in [1.807, 2.05) is 26.8 Å². The molecular weight excluding hydrogens is 221 g/mol. The van der Waals surface area contributed by atoms with Gasteiger partial charge in [0.15, 0.2) is 6.29 Å². The highest BCUT2D eigenvalue weighted by molar-refractivity contribution is 5.45. The zero-order valence-electron chi connectivity index (χ0n) is 10.6. The van der Waals surface area contributed by atoms with Crippen molar-refractivity contribution in [2.24, 2.45) is 0 Å². The molecule has 0 fully saturated rings. The van der Waals surface area contributed by atoms with Crippen LogP contribution in [0.3, 0.4) is 0 Å². The van der Waals surface area contributed by atoms with Crippen molar-refractivity contribution >= 4 is 5.69 Å². The summed E-state index contributed by atoms with van der Waals surface area (Å²) < 4.78 is 23.9. The summed E-state index contributed by atoms with van der Waals surface area (Å²) in [5.74, 6) is -0.239. The minimum Gasteiger partial charge on any atom is -0.380 e. The zero-order valence-corrected chi connectivity index (χ0v) is 10.6. The molecule has 0 heterocycles. The van der Waals surface area contributed by atoms with Crippen molar-refractivity contribution in [2.75, 3.05) is 25.1 Å². The van der Waals surface area contributed by atoms with Gasteiger partial charge in [-0.25, -0.2) is 4.39 Å². The molecule has 0 aromatic heterocycles. The lowest BCUT2D eigenvalue weighted by Crippen LogP contribution is -2.26. The first-order chi connectivity index (χ1) is 8.15. The molecule has 17 heavy (non-hydrogen) atoms. The van der Waals surface area contributed by atoms with E-state index in [9.17, 15) is 4.39 Å². The zero-order chi connectivity index (χ0) is 12.7. The molecule has 0 atom stereocenters. The van der Waals surface area contributed by atoms with Gasteiger partial charge in [0.2, 0.25) is 0 Å². The number of hydrogen-bond donors (Lipinski definition) is 1. The lowest BCUT2D eigenvalue weighted by molar-refractivity contribution is -0.126. The fraction of sp³-hybridized carbons (Fsp3) is 0.538. The minimum atomic E-state index is -0.298. The average Bonchev–Trinajstić information content (AvgIpc) is 2.25. The standard InChI is InChI=1S/C13H20FNO2/c1-4-16-13(17-5-2)9-15-12-7-10(3)6-11(14)8-12/h6-8,13,15H,4-5,9H2,1-3H3. The number of rotatable bonds is 7. The summed E-state index contributed by atoms with van der Waals surface area (Å²) in [5, 5.41) is 3.11. The highest BCUT2D eigenvalue weighted by atomic mass is 19.1. The Kier molecular flexibility index (Phi) is 5.94. The van der Waals surface area contributed by atoms with E-state index in [4.69, 9.17) is 9.47 Å². The van der Waals surface area contributed by atoms with Gasteiger partial charge < -0.3 is 14.8 Å². The van der Waals surface area contributed by atoms with Gasteiger partial charge >= 0.3 is 0 Å². The predicted molar refractivity (Wildman–Crippen MR) is 66.7 cm³/mol. The van der Waals surface area contributed by atoms with Gasteiger partial charge in [-0.3, -0.25) is 0 Å². The third kappa shape index (κ3) is 5.15. The molecule has 0 saturated heterocycles. The van der Waals surface area contributed by atoms with E-state index in [1.165, 1.54) is 12.1 Å². The number of anilines is 1. The number of ether oxygens (including phenoxy) is 2. The van der Waals surface area contributed by atoms with Crippen molar-refractivity contribution in [3.8, 4) is 0 Å². The second-order valence-electron chi connectivity index (χ2n) is 3.74. The summed E-state index contributed by atoms with van der Waals surface area (Å²) in [5.41, 5.74) is 1.63. The quantitative estimate of drug-likeness (QED) is 0.744. The van der Waals surface area contributed by atoms with Gasteiger partial charge in [-0.2, -0.15) is 0 Å². The first-order valence-electron chi connectivity index (χ1n) is 5.90. The fourth-order valence-corrected chi connectivity index (χ4v) is 1.58.